The van der Waals surface area contributed by atoms with Gasteiger partial charge in [0.25, 0.3) is 0 Å². The maximum atomic E-state index is 12.2. The minimum atomic E-state index is -0.596. The molecular formula is C15H19NO4. The van der Waals surface area contributed by atoms with Crippen LogP contribution in [-0.4, -0.2) is 47.6 Å². The number of ketones is 1. The van der Waals surface area contributed by atoms with E-state index < -0.39 is 5.79 Å². The summed E-state index contributed by atoms with van der Waals surface area (Å²) >= 11 is 0. The van der Waals surface area contributed by atoms with Gasteiger partial charge in [0.15, 0.2) is 11.6 Å². The Morgan fingerprint density at radius 1 is 1.30 bits per heavy atom. The van der Waals surface area contributed by atoms with Gasteiger partial charge in [0.05, 0.1) is 13.2 Å². The number of hydroxylamine groups is 2. The van der Waals surface area contributed by atoms with E-state index in [9.17, 15) is 10.0 Å². The molecule has 1 N–H and O–H groups in total. The van der Waals surface area contributed by atoms with Gasteiger partial charge < -0.3 is 14.7 Å². The van der Waals surface area contributed by atoms with Crippen molar-refractivity contribution in [3.05, 3.63) is 35.9 Å². The van der Waals surface area contributed by atoms with Crippen LogP contribution in [-0.2, 0) is 9.47 Å². The average Bonchev–Trinajstić information content (AvgIpc) is 2.92. The molecule has 1 aromatic rings. The molecule has 2 aliphatic rings. The van der Waals surface area contributed by atoms with Gasteiger partial charge in [0.1, 0.15) is 0 Å². The second kappa shape index (κ2) is 5.61. The lowest BCUT2D eigenvalue weighted by Gasteiger charge is -2.40. The lowest BCUT2D eigenvalue weighted by Crippen LogP contribution is -2.50. The zero-order valence-corrected chi connectivity index (χ0v) is 11.3. The number of piperidine rings is 1. The van der Waals surface area contributed by atoms with Crippen molar-refractivity contribution in [1.29, 1.82) is 0 Å². The van der Waals surface area contributed by atoms with E-state index in [1.807, 2.05) is 18.2 Å². The molecule has 5 nitrogen and oxygen atoms in total. The van der Waals surface area contributed by atoms with E-state index in [1.54, 1.807) is 12.1 Å². The summed E-state index contributed by atoms with van der Waals surface area (Å²) in [6.07, 6.45) is 1.44. The van der Waals surface area contributed by atoms with Crippen molar-refractivity contribution in [1.82, 2.24) is 5.06 Å². The van der Waals surface area contributed by atoms with Crippen molar-refractivity contribution in [2.45, 2.75) is 31.1 Å². The standard InChI is InChI=1S/C15H19NO4/c17-14(12-4-2-1-3-5-12)10-13-11-15(6-7-16(13)18)19-8-9-20-15/h1-5,13,18H,6-11H2/t13-/m1/s1. The summed E-state index contributed by atoms with van der Waals surface area (Å²) in [7, 11) is 0. The van der Waals surface area contributed by atoms with Crippen LogP contribution in [0.3, 0.4) is 0 Å². The molecule has 108 valence electrons. The second-order valence-electron chi connectivity index (χ2n) is 5.37. The summed E-state index contributed by atoms with van der Waals surface area (Å²) in [5.74, 6) is -0.564. The van der Waals surface area contributed by atoms with Crippen molar-refractivity contribution in [3.8, 4) is 0 Å². The molecule has 2 aliphatic heterocycles. The van der Waals surface area contributed by atoms with Crippen LogP contribution in [0, 0.1) is 0 Å². The van der Waals surface area contributed by atoms with E-state index in [2.05, 4.69) is 0 Å². The van der Waals surface area contributed by atoms with E-state index in [0.717, 1.165) is 0 Å². The fraction of sp³-hybridized carbons (Fsp3) is 0.533. The largest absolute Gasteiger partial charge is 0.347 e. The topological polar surface area (TPSA) is 59.0 Å². The summed E-state index contributed by atoms with van der Waals surface area (Å²) in [5, 5.41) is 11.2. The summed E-state index contributed by atoms with van der Waals surface area (Å²) < 4.78 is 11.4. The van der Waals surface area contributed by atoms with Crippen molar-refractivity contribution in [3.63, 3.8) is 0 Å². The number of hydrogen-bond donors (Lipinski definition) is 1. The van der Waals surface area contributed by atoms with Gasteiger partial charge in [0, 0.05) is 37.4 Å². The molecule has 2 saturated heterocycles. The highest BCUT2D eigenvalue weighted by molar-refractivity contribution is 5.96. The normalized spacial score (nSPS) is 25.9. The van der Waals surface area contributed by atoms with Gasteiger partial charge in [-0.2, -0.15) is 5.06 Å². The molecule has 0 amide bonds. The lowest BCUT2D eigenvalue weighted by molar-refractivity contribution is -0.244. The molecule has 0 radical (unpaired) electrons. The summed E-state index contributed by atoms with van der Waals surface area (Å²) in [6.45, 7) is 1.64. The van der Waals surface area contributed by atoms with Crippen LogP contribution in [0.15, 0.2) is 30.3 Å². The molecule has 1 atom stereocenters. The van der Waals surface area contributed by atoms with Crippen molar-refractivity contribution in [2.75, 3.05) is 19.8 Å². The Kier molecular flexibility index (Phi) is 3.85. The molecule has 1 aromatic carbocycles. The second-order valence-corrected chi connectivity index (χ2v) is 5.37. The van der Waals surface area contributed by atoms with Crippen LogP contribution < -0.4 is 0 Å². The fourth-order valence-electron chi connectivity index (χ4n) is 2.93. The van der Waals surface area contributed by atoms with E-state index in [0.29, 0.717) is 38.2 Å². The third-order valence-electron chi connectivity index (χ3n) is 4.02. The highest BCUT2D eigenvalue weighted by Gasteiger charge is 2.44. The Hall–Kier alpha value is -1.27. The lowest BCUT2D eigenvalue weighted by atomic mass is 9.92. The number of ether oxygens (including phenoxy) is 2. The van der Waals surface area contributed by atoms with Gasteiger partial charge in [0.2, 0.25) is 0 Å². The predicted molar refractivity (Wildman–Crippen MR) is 71.5 cm³/mol. The molecule has 5 heteroatoms. The first kappa shape index (κ1) is 13.7. The number of nitrogens with zero attached hydrogens (tertiary/aromatic N) is 1. The molecule has 2 heterocycles. The highest BCUT2D eigenvalue weighted by atomic mass is 16.7. The molecule has 0 aromatic heterocycles. The van der Waals surface area contributed by atoms with Gasteiger partial charge >= 0.3 is 0 Å². The molecular weight excluding hydrogens is 258 g/mol. The Bertz CT molecular complexity index is 470. The number of carbonyl (C=O) groups is 1. The third kappa shape index (κ3) is 2.76. The highest BCUT2D eigenvalue weighted by Crippen LogP contribution is 2.35. The van der Waals surface area contributed by atoms with Crippen LogP contribution in [0.1, 0.15) is 29.6 Å². The van der Waals surface area contributed by atoms with Crippen LogP contribution in [0.25, 0.3) is 0 Å². The van der Waals surface area contributed by atoms with Gasteiger partial charge in [-0.3, -0.25) is 4.79 Å². The van der Waals surface area contributed by atoms with Crippen molar-refractivity contribution < 1.29 is 19.5 Å². The minimum absolute atomic E-state index is 0.0321. The first-order valence-corrected chi connectivity index (χ1v) is 7.00. The molecule has 0 aliphatic carbocycles. The Morgan fingerprint density at radius 3 is 2.70 bits per heavy atom. The van der Waals surface area contributed by atoms with Crippen LogP contribution in [0.4, 0.5) is 0 Å². The number of rotatable bonds is 3. The minimum Gasteiger partial charge on any atom is -0.347 e. The number of Topliss-reactive ketones (excluding diaryl/α,β-unsaturated/α-hetero) is 1. The van der Waals surface area contributed by atoms with E-state index in [1.165, 1.54) is 5.06 Å². The first-order valence-electron chi connectivity index (χ1n) is 7.00. The first-order chi connectivity index (χ1) is 9.69. The van der Waals surface area contributed by atoms with Gasteiger partial charge in [-0.15, -0.1) is 0 Å². The summed E-state index contributed by atoms with van der Waals surface area (Å²) in [6, 6.07) is 8.90. The van der Waals surface area contributed by atoms with Crippen LogP contribution >= 0.6 is 0 Å². The maximum absolute atomic E-state index is 12.2. The average molecular weight is 277 g/mol. The maximum Gasteiger partial charge on any atom is 0.171 e. The molecule has 20 heavy (non-hydrogen) atoms. The van der Waals surface area contributed by atoms with Crippen LogP contribution in [0.2, 0.25) is 0 Å². The molecule has 2 fully saturated rings. The van der Waals surface area contributed by atoms with E-state index in [-0.39, 0.29) is 18.2 Å². The molecule has 3 rings (SSSR count). The Balaban J connectivity index is 1.67. The van der Waals surface area contributed by atoms with Gasteiger partial charge in [-0.05, 0) is 0 Å². The number of carbonyl (C=O) groups excluding carboxylic acids is 1. The molecule has 0 saturated carbocycles. The predicted octanol–water partition coefficient (Wildman–Crippen LogP) is 1.86. The fourth-order valence-corrected chi connectivity index (χ4v) is 2.93. The molecule has 0 bridgehead atoms. The van der Waals surface area contributed by atoms with Crippen LogP contribution in [0.5, 0.6) is 0 Å². The molecule has 0 unspecified atom stereocenters. The van der Waals surface area contributed by atoms with E-state index in [4.69, 9.17) is 9.47 Å². The van der Waals surface area contributed by atoms with Gasteiger partial charge in [-0.1, -0.05) is 30.3 Å². The van der Waals surface area contributed by atoms with Gasteiger partial charge in [-0.25, -0.2) is 0 Å². The summed E-state index contributed by atoms with van der Waals surface area (Å²) in [4.78, 5) is 12.2. The quantitative estimate of drug-likeness (QED) is 0.855. The van der Waals surface area contributed by atoms with Crippen molar-refractivity contribution in [2.24, 2.45) is 0 Å². The smallest absolute Gasteiger partial charge is 0.171 e. The Morgan fingerprint density at radius 2 is 2.00 bits per heavy atom. The number of hydrogen-bond acceptors (Lipinski definition) is 5. The Labute approximate surface area is 118 Å². The summed E-state index contributed by atoms with van der Waals surface area (Å²) in [5.41, 5.74) is 0.675. The molecule has 1 spiro atoms. The van der Waals surface area contributed by atoms with Crippen molar-refractivity contribution >= 4 is 5.78 Å². The monoisotopic (exact) mass is 277 g/mol. The zero-order valence-electron chi connectivity index (χ0n) is 11.3. The zero-order chi connectivity index (χ0) is 14.0. The third-order valence-corrected chi connectivity index (χ3v) is 4.02. The van der Waals surface area contributed by atoms with E-state index >= 15 is 0 Å². The number of benzene rings is 1. The SMILES string of the molecule is O=C(C[C@@H]1CC2(CCN1O)OCCO2)c1ccccc1.